The molecule has 0 bridgehead atoms. The first-order chi connectivity index (χ1) is 7.81. The van der Waals surface area contributed by atoms with E-state index < -0.39 is 10.0 Å². The van der Waals surface area contributed by atoms with Crippen LogP contribution in [0.15, 0.2) is 0 Å². The van der Waals surface area contributed by atoms with E-state index in [4.69, 9.17) is 10.9 Å². The second-order valence-electron chi connectivity index (χ2n) is 4.82. The number of hydrogen-bond acceptors (Lipinski definition) is 4. The lowest BCUT2D eigenvalue weighted by molar-refractivity contribution is -0.122. The third kappa shape index (κ3) is 5.99. The molecule has 0 saturated heterocycles. The Morgan fingerprint density at radius 2 is 1.88 bits per heavy atom. The van der Waals surface area contributed by atoms with Crippen LogP contribution < -0.4 is 16.2 Å². The van der Waals surface area contributed by atoms with E-state index in [9.17, 15) is 13.2 Å². The Labute approximate surface area is 102 Å². The molecule has 6 nitrogen and oxygen atoms in total. The van der Waals surface area contributed by atoms with E-state index >= 15 is 0 Å². The molecule has 0 unspecified atom stereocenters. The lowest BCUT2D eigenvalue weighted by atomic mass is 9.94. The number of sulfonamides is 1. The molecule has 0 spiro atoms. The highest BCUT2D eigenvalue weighted by Gasteiger charge is 2.31. The van der Waals surface area contributed by atoms with Crippen LogP contribution in [-0.4, -0.2) is 32.2 Å². The van der Waals surface area contributed by atoms with Crippen LogP contribution in [0, 0.1) is 0 Å². The first-order valence-electron chi connectivity index (χ1n) is 5.87. The van der Waals surface area contributed by atoms with Crippen molar-refractivity contribution in [2.75, 3.05) is 12.3 Å². The van der Waals surface area contributed by atoms with Crippen molar-refractivity contribution in [3.8, 4) is 0 Å². The van der Waals surface area contributed by atoms with E-state index in [1.807, 2.05) is 0 Å². The van der Waals surface area contributed by atoms with Gasteiger partial charge in [-0.15, -0.1) is 0 Å². The van der Waals surface area contributed by atoms with Gasteiger partial charge in [0.2, 0.25) is 15.9 Å². The normalized spacial score (nSPS) is 19.2. The Bertz CT molecular complexity index is 361. The Morgan fingerprint density at radius 1 is 1.29 bits per heavy atom. The van der Waals surface area contributed by atoms with E-state index in [1.54, 1.807) is 0 Å². The lowest BCUT2D eigenvalue weighted by Crippen LogP contribution is -2.42. The van der Waals surface area contributed by atoms with Crippen molar-refractivity contribution in [2.24, 2.45) is 10.9 Å². The molecule has 0 atom stereocenters. The average molecular weight is 263 g/mol. The molecule has 0 aromatic rings. The topological polar surface area (TPSA) is 115 Å². The second-order valence-corrected chi connectivity index (χ2v) is 6.55. The van der Waals surface area contributed by atoms with Crippen LogP contribution in [0.2, 0.25) is 0 Å². The van der Waals surface area contributed by atoms with Gasteiger partial charge in [-0.3, -0.25) is 4.79 Å². The minimum atomic E-state index is -3.43. The van der Waals surface area contributed by atoms with Crippen LogP contribution in [0.3, 0.4) is 0 Å². The van der Waals surface area contributed by atoms with E-state index in [1.165, 1.54) is 0 Å². The summed E-state index contributed by atoms with van der Waals surface area (Å²) in [4.78, 5) is 11.6. The van der Waals surface area contributed by atoms with Crippen molar-refractivity contribution >= 4 is 15.9 Å². The van der Waals surface area contributed by atoms with E-state index in [0.717, 1.165) is 25.7 Å². The van der Waals surface area contributed by atoms with E-state index in [2.05, 4.69) is 5.32 Å². The van der Waals surface area contributed by atoms with Gasteiger partial charge >= 0.3 is 0 Å². The molecule has 100 valence electrons. The molecule has 1 amide bonds. The quantitative estimate of drug-likeness (QED) is 0.557. The molecule has 7 heteroatoms. The standard InChI is InChI=1S/C10H21N3O3S/c11-10(4-1-2-5-10)8-9(14)13-6-3-7-17(12,15)16/h1-8,11H2,(H,13,14)(H2,12,15,16). The van der Waals surface area contributed by atoms with Gasteiger partial charge in [-0.2, -0.15) is 0 Å². The minimum Gasteiger partial charge on any atom is -0.356 e. The molecule has 0 heterocycles. The maximum absolute atomic E-state index is 11.6. The highest BCUT2D eigenvalue weighted by Crippen LogP contribution is 2.29. The molecule has 1 rings (SSSR count). The van der Waals surface area contributed by atoms with Crippen LogP contribution in [0.1, 0.15) is 38.5 Å². The van der Waals surface area contributed by atoms with Gasteiger partial charge in [0.25, 0.3) is 0 Å². The monoisotopic (exact) mass is 263 g/mol. The predicted molar refractivity (Wildman–Crippen MR) is 65.6 cm³/mol. The molecule has 5 N–H and O–H groups in total. The summed E-state index contributed by atoms with van der Waals surface area (Å²) in [5.74, 6) is -0.218. The van der Waals surface area contributed by atoms with Gasteiger partial charge in [0.15, 0.2) is 0 Å². The maximum Gasteiger partial charge on any atom is 0.221 e. The largest absolute Gasteiger partial charge is 0.356 e. The Hall–Kier alpha value is -0.660. The number of hydrogen-bond donors (Lipinski definition) is 3. The van der Waals surface area contributed by atoms with Crippen LogP contribution >= 0.6 is 0 Å². The van der Waals surface area contributed by atoms with Crippen molar-refractivity contribution in [3.63, 3.8) is 0 Å². The number of primary sulfonamides is 1. The Kier molecular flexibility index (Phi) is 4.91. The van der Waals surface area contributed by atoms with Gasteiger partial charge in [-0.1, -0.05) is 12.8 Å². The minimum absolute atomic E-state index is 0.108. The van der Waals surface area contributed by atoms with Gasteiger partial charge in [0.1, 0.15) is 0 Å². The first kappa shape index (κ1) is 14.4. The smallest absolute Gasteiger partial charge is 0.221 e. The van der Waals surface area contributed by atoms with Crippen molar-refractivity contribution in [3.05, 3.63) is 0 Å². The van der Waals surface area contributed by atoms with Crippen molar-refractivity contribution in [2.45, 2.75) is 44.1 Å². The molecule has 0 aromatic heterocycles. The molecule has 1 aliphatic rings. The summed E-state index contributed by atoms with van der Waals surface area (Å²) in [5.41, 5.74) is 5.70. The fourth-order valence-corrected chi connectivity index (χ4v) is 2.69. The number of nitrogens with one attached hydrogen (secondary N) is 1. The van der Waals surface area contributed by atoms with Crippen LogP contribution in [0.25, 0.3) is 0 Å². The average Bonchev–Trinajstić information content (AvgIpc) is 2.58. The predicted octanol–water partition coefficient (Wildman–Crippen LogP) is -0.557. The van der Waals surface area contributed by atoms with E-state index in [0.29, 0.717) is 19.4 Å². The number of carbonyl (C=O) groups excluding carboxylic acids is 1. The van der Waals surface area contributed by atoms with Crippen LogP contribution in [0.4, 0.5) is 0 Å². The second kappa shape index (κ2) is 5.79. The molecule has 1 fully saturated rings. The highest BCUT2D eigenvalue weighted by molar-refractivity contribution is 7.89. The Balaban J connectivity index is 2.17. The first-order valence-corrected chi connectivity index (χ1v) is 7.58. The number of carbonyl (C=O) groups is 1. The molecule has 0 radical (unpaired) electrons. The van der Waals surface area contributed by atoms with Gasteiger partial charge in [0.05, 0.1) is 5.75 Å². The summed E-state index contributed by atoms with van der Waals surface area (Å²) in [5, 5.41) is 7.51. The molecular weight excluding hydrogens is 242 g/mol. The summed E-state index contributed by atoms with van der Waals surface area (Å²) < 4.78 is 21.3. The van der Waals surface area contributed by atoms with Gasteiger partial charge in [-0.25, -0.2) is 13.6 Å². The lowest BCUT2D eigenvalue weighted by Gasteiger charge is -2.22. The van der Waals surface area contributed by atoms with Crippen LogP contribution in [-0.2, 0) is 14.8 Å². The zero-order valence-electron chi connectivity index (χ0n) is 9.94. The zero-order chi connectivity index (χ0) is 12.9. The summed E-state index contributed by atoms with van der Waals surface area (Å²) in [6, 6.07) is 0. The molecule has 17 heavy (non-hydrogen) atoms. The van der Waals surface area contributed by atoms with Gasteiger partial charge in [-0.05, 0) is 19.3 Å². The van der Waals surface area contributed by atoms with Gasteiger partial charge < -0.3 is 11.1 Å². The number of nitrogens with two attached hydrogens (primary N) is 2. The third-order valence-electron chi connectivity index (χ3n) is 3.04. The zero-order valence-corrected chi connectivity index (χ0v) is 10.8. The fourth-order valence-electron chi connectivity index (χ4n) is 2.14. The van der Waals surface area contributed by atoms with Crippen LogP contribution in [0.5, 0.6) is 0 Å². The Morgan fingerprint density at radius 3 is 2.41 bits per heavy atom. The highest BCUT2D eigenvalue weighted by atomic mass is 32.2. The summed E-state index contributed by atoms with van der Waals surface area (Å²) >= 11 is 0. The molecular formula is C10H21N3O3S. The number of rotatable bonds is 6. The van der Waals surface area contributed by atoms with Crippen molar-refractivity contribution in [1.29, 1.82) is 0 Å². The summed E-state index contributed by atoms with van der Waals surface area (Å²) in [7, 11) is -3.43. The third-order valence-corrected chi connectivity index (χ3v) is 3.90. The van der Waals surface area contributed by atoms with Crippen molar-refractivity contribution < 1.29 is 13.2 Å². The molecule has 1 aliphatic carbocycles. The number of amides is 1. The summed E-state index contributed by atoms with van der Waals surface area (Å²) in [6.45, 7) is 0.325. The SMILES string of the molecule is NC1(CC(=O)NCCCS(N)(=O)=O)CCCC1. The van der Waals surface area contributed by atoms with Gasteiger partial charge in [0, 0.05) is 18.5 Å². The molecule has 1 saturated carbocycles. The maximum atomic E-state index is 11.6. The molecule has 0 aromatic carbocycles. The summed E-state index contributed by atoms with van der Waals surface area (Å²) in [6.07, 6.45) is 4.59. The van der Waals surface area contributed by atoms with Crippen molar-refractivity contribution in [1.82, 2.24) is 5.32 Å². The fraction of sp³-hybridized carbons (Fsp3) is 0.900. The molecule has 0 aliphatic heterocycles. The van der Waals surface area contributed by atoms with E-state index in [-0.39, 0.29) is 17.2 Å².